The second-order valence-corrected chi connectivity index (χ2v) is 7.44. The minimum absolute atomic E-state index is 0.0612. The third kappa shape index (κ3) is 3.12. The molecule has 138 valence electrons. The average molecular weight is 356 g/mol. The molecule has 4 rings (SSSR count). The van der Waals surface area contributed by atoms with E-state index in [0.717, 1.165) is 38.4 Å². The lowest BCUT2D eigenvalue weighted by molar-refractivity contribution is -0.00992. The zero-order valence-corrected chi connectivity index (χ0v) is 15.2. The van der Waals surface area contributed by atoms with Crippen LogP contribution in [0.15, 0.2) is 35.2 Å². The van der Waals surface area contributed by atoms with Gasteiger partial charge in [0.25, 0.3) is 5.91 Å². The molecule has 0 saturated carbocycles. The van der Waals surface area contributed by atoms with E-state index >= 15 is 0 Å². The summed E-state index contributed by atoms with van der Waals surface area (Å²) >= 11 is 0. The van der Waals surface area contributed by atoms with Gasteiger partial charge in [-0.05, 0) is 38.4 Å². The summed E-state index contributed by atoms with van der Waals surface area (Å²) in [5.41, 5.74) is 1.68. The number of aromatic nitrogens is 2. The van der Waals surface area contributed by atoms with Crippen molar-refractivity contribution in [2.45, 2.75) is 25.5 Å². The van der Waals surface area contributed by atoms with Crippen molar-refractivity contribution < 1.29 is 13.9 Å². The molecule has 0 aromatic carbocycles. The number of pyridine rings is 1. The van der Waals surface area contributed by atoms with Crippen LogP contribution in [0, 0.1) is 12.8 Å². The molecule has 1 spiro atoms. The molecule has 1 amide bonds. The van der Waals surface area contributed by atoms with E-state index in [1.807, 2.05) is 23.1 Å². The molecule has 2 saturated heterocycles. The molecule has 26 heavy (non-hydrogen) atoms. The molecule has 2 aromatic heterocycles. The highest BCUT2D eigenvalue weighted by atomic mass is 16.5. The lowest BCUT2D eigenvalue weighted by Gasteiger charge is -2.51. The van der Waals surface area contributed by atoms with Gasteiger partial charge in [0, 0.05) is 25.8 Å². The van der Waals surface area contributed by atoms with E-state index in [9.17, 15) is 4.79 Å². The Labute approximate surface area is 153 Å². The Morgan fingerprint density at radius 2 is 2.23 bits per heavy atom. The number of aryl methyl sites for hydroxylation is 1. The fraction of sp³-hybridized carbons (Fsp3) is 0.526. The maximum Gasteiger partial charge on any atom is 0.291 e. The molecular weight excluding hydrogens is 332 g/mol. The monoisotopic (exact) mass is 356 g/mol. The van der Waals surface area contributed by atoms with Crippen molar-refractivity contribution in [1.82, 2.24) is 19.8 Å². The standard InChI is InChI=1S/C19H24N4O3/c1-14-17(26-13-21-14)18(24)23-11-19(12-23)7-15(8-22(19)2)9-25-10-16-5-3-4-6-20-16/h3-6,13,15H,7-12H2,1-2H3/t15-/m1/s1. The lowest BCUT2D eigenvalue weighted by atomic mass is 9.84. The van der Waals surface area contributed by atoms with Crippen LogP contribution in [0.2, 0.25) is 0 Å². The van der Waals surface area contributed by atoms with E-state index in [2.05, 4.69) is 21.9 Å². The molecule has 0 unspecified atom stereocenters. The lowest BCUT2D eigenvalue weighted by Crippen LogP contribution is -2.68. The Kier molecular flexibility index (Phi) is 4.50. The second kappa shape index (κ2) is 6.81. The van der Waals surface area contributed by atoms with Crippen LogP contribution < -0.4 is 0 Å². The molecule has 0 N–H and O–H groups in total. The van der Waals surface area contributed by atoms with E-state index in [4.69, 9.17) is 9.15 Å². The van der Waals surface area contributed by atoms with Crippen LogP contribution in [0.25, 0.3) is 0 Å². The predicted octanol–water partition coefficient (Wildman–Crippen LogP) is 1.74. The van der Waals surface area contributed by atoms with Crippen molar-refractivity contribution in [2.24, 2.45) is 5.92 Å². The molecule has 2 aromatic rings. The summed E-state index contributed by atoms with van der Waals surface area (Å²) in [6.07, 6.45) is 4.16. The van der Waals surface area contributed by atoms with Crippen molar-refractivity contribution in [3.05, 3.63) is 47.9 Å². The highest BCUT2D eigenvalue weighted by Crippen LogP contribution is 2.40. The summed E-state index contributed by atoms with van der Waals surface area (Å²) in [7, 11) is 2.14. The summed E-state index contributed by atoms with van der Waals surface area (Å²) in [5, 5.41) is 0. The van der Waals surface area contributed by atoms with Crippen molar-refractivity contribution in [3.8, 4) is 0 Å². The smallest absolute Gasteiger partial charge is 0.291 e. The Morgan fingerprint density at radius 1 is 1.38 bits per heavy atom. The van der Waals surface area contributed by atoms with Gasteiger partial charge in [-0.2, -0.15) is 0 Å². The minimum atomic E-state index is -0.0612. The molecule has 2 aliphatic heterocycles. The molecule has 0 aliphatic carbocycles. The van der Waals surface area contributed by atoms with Gasteiger partial charge in [0.05, 0.1) is 30.1 Å². The quantitative estimate of drug-likeness (QED) is 0.813. The molecule has 2 aliphatic rings. The highest BCUT2D eigenvalue weighted by molar-refractivity contribution is 5.93. The number of ether oxygens (including phenoxy) is 1. The molecule has 1 atom stereocenters. The zero-order valence-electron chi connectivity index (χ0n) is 15.2. The van der Waals surface area contributed by atoms with Gasteiger partial charge in [0.15, 0.2) is 6.39 Å². The van der Waals surface area contributed by atoms with E-state index < -0.39 is 0 Å². The molecular formula is C19H24N4O3. The van der Waals surface area contributed by atoms with Crippen LogP contribution in [0.3, 0.4) is 0 Å². The number of hydrogen-bond donors (Lipinski definition) is 0. The molecule has 0 radical (unpaired) electrons. The van der Waals surface area contributed by atoms with E-state index in [0.29, 0.717) is 24.0 Å². The van der Waals surface area contributed by atoms with Crippen molar-refractivity contribution in [1.29, 1.82) is 0 Å². The van der Waals surface area contributed by atoms with Crippen LogP contribution >= 0.6 is 0 Å². The van der Waals surface area contributed by atoms with Gasteiger partial charge in [0.1, 0.15) is 0 Å². The molecule has 7 nitrogen and oxygen atoms in total. The number of likely N-dealkylation sites (tertiary alicyclic amines) is 2. The first-order valence-electron chi connectivity index (χ1n) is 8.96. The third-order valence-electron chi connectivity index (χ3n) is 5.54. The zero-order chi connectivity index (χ0) is 18.1. The number of amides is 1. The average Bonchev–Trinajstić information content (AvgIpc) is 3.17. The van der Waals surface area contributed by atoms with Gasteiger partial charge < -0.3 is 14.1 Å². The summed E-state index contributed by atoms with van der Waals surface area (Å²) in [5.74, 6) is 0.776. The summed E-state index contributed by atoms with van der Waals surface area (Å²) in [6.45, 7) is 5.52. The van der Waals surface area contributed by atoms with Crippen molar-refractivity contribution >= 4 is 5.91 Å². The fourth-order valence-corrected chi connectivity index (χ4v) is 4.09. The largest absolute Gasteiger partial charge is 0.438 e. The van der Waals surface area contributed by atoms with Crippen LogP contribution in [-0.2, 0) is 11.3 Å². The fourth-order valence-electron chi connectivity index (χ4n) is 4.09. The number of oxazole rings is 1. The number of carbonyl (C=O) groups is 1. The normalized spacial score (nSPS) is 21.9. The maximum atomic E-state index is 12.5. The molecule has 2 fully saturated rings. The van der Waals surface area contributed by atoms with Gasteiger partial charge in [-0.3, -0.25) is 14.7 Å². The van der Waals surface area contributed by atoms with Gasteiger partial charge in [0.2, 0.25) is 5.76 Å². The van der Waals surface area contributed by atoms with Gasteiger partial charge >= 0.3 is 0 Å². The highest BCUT2D eigenvalue weighted by Gasteiger charge is 2.53. The third-order valence-corrected chi connectivity index (χ3v) is 5.54. The first-order valence-corrected chi connectivity index (χ1v) is 8.96. The summed E-state index contributed by atoms with van der Waals surface area (Å²) in [6, 6.07) is 5.85. The Balaban J connectivity index is 1.28. The van der Waals surface area contributed by atoms with Crippen LogP contribution in [-0.4, -0.2) is 64.5 Å². The molecule has 4 heterocycles. The first kappa shape index (κ1) is 17.2. The SMILES string of the molecule is Cc1ncoc1C(=O)N1CC2(C[C@@H](COCc3ccccn3)CN2C)C1. The predicted molar refractivity (Wildman–Crippen MR) is 94.5 cm³/mol. The van der Waals surface area contributed by atoms with Crippen molar-refractivity contribution in [2.75, 3.05) is 33.3 Å². The summed E-state index contributed by atoms with van der Waals surface area (Å²) in [4.78, 5) is 25.0. The molecule has 7 heteroatoms. The van der Waals surface area contributed by atoms with E-state index in [1.54, 1.807) is 13.1 Å². The number of likely N-dealkylation sites (N-methyl/N-ethyl adjacent to an activating group) is 1. The van der Waals surface area contributed by atoms with Crippen LogP contribution in [0.1, 0.15) is 28.4 Å². The van der Waals surface area contributed by atoms with Gasteiger partial charge in [-0.25, -0.2) is 4.98 Å². The topological polar surface area (TPSA) is 71.7 Å². The van der Waals surface area contributed by atoms with Crippen LogP contribution in [0.4, 0.5) is 0 Å². The number of hydrogen-bond acceptors (Lipinski definition) is 6. The van der Waals surface area contributed by atoms with Gasteiger partial charge in [-0.1, -0.05) is 6.07 Å². The number of carbonyl (C=O) groups excluding carboxylic acids is 1. The minimum Gasteiger partial charge on any atom is -0.438 e. The Morgan fingerprint density at radius 3 is 2.92 bits per heavy atom. The molecule has 0 bridgehead atoms. The first-order chi connectivity index (χ1) is 12.6. The Bertz CT molecular complexity index is 770. The second-order valence-electron chi connectivity index (χ2n) is 7.44. The van der Waals surface area contributed by atoms with E-state index in [1.165, 1.54) is 6.39 Å². The Hall–Kier alpha value is -2.25. The van der Waals surface area contributed by atoms with Crippen molar-refractivity contribution in [3.63, 3.8) is 0 Å². The van der Waals surface area contributed by atoms with Gasteiger partial charge in [-0.15, -0.1) is 0 Å². The summed E-state index contributed by atoms with van der Waals surface area (Å²) < 4.78 is 11.1. The maximum absolute atomic E-state index is 12.5. The number of rotatable bonds is 5. The number of nitrogens with zero attached hydrogens (tertiary/aromatic N) is 4. The van der Waals surface area contributed by atoms with Crippen LogP contribution in [0.5, 0.6) is 0 Å². The van der Waals surface area contributed by atoms with E-state index in [-0.39, 0.29) is 11.4 Å².